The van der Waals surface area contributed by atoms with E-state index in [0.717, 1.165) is 63.7 Å². The first kappa shape index (κ1) is 19.2. The van der Waals surface area contributed by atoms with Gasteiger partial charge < -0.3 is 15.0 Å². The molecular weight excluding hydrogens is 394 g/mol. The predicted octanol–water partition coefficient (Wildman–Crippen LogP) is 4.33. The summed E-state index contributed by atoms with van der Waals surface area (Å²) in [7, 11) is 0. The van der Waals surface area contributed by atoms with E-state index in [2.05, 4.69) is 54.4 Å². The zero-order valence-electron chi connectivity index (χ0n) is 17.5. The third kappa shape index (κ3) is 3.38. The molecule has 0 radical (unpaired) electrons. The topological polar surface area (TPSA) is 63.2 Å². The largest absolute Gasteiger partial charge is 0.464 e. The van der Waals surface area contributed by atoms with E-state index < -0.39 is 0 Å². The van der Waals surface area contributed by atoms with Gasteiger partial charge in [0, 0.05) is 37.1 Å². The van der Waals surface area contributed by atoms with Crippen LogP contribution in [0, 0.1) is 13.8 Å². The number of thiophene rings is 1. The highest BCUT2D eigenvalue weighted by atomic mass is 32.1. The summed E-state index contributed by atoms with van der Waals surface area (Å²) in [5.74, 6) is 0.962. The maximum atomic E-state index is 5.73. The van der Waals surface area contributed by atoms with Gasteiger partial charge in [0.2, 0.25) is 0 Å². The molecule has 0 saturated carbocycles. The Hall–Kier alpha value is -2.77. The number of hydrogen-bond acceptors (Lipinski definition) is 7. The summed E-state index contributed by atoms with van der Waals surface area (Å²) in [6.07, 6.45) is 0. The van der Waals surface area contributed by atoms with Crippen molar-refractivity contribution in [2.24, 2.45) is 0 Å². The summed E-state index contributed by atoms with van der Waals surface area (Å²) in [5.41, 5.74) is 5.49. The third-order valence-electron chi connectivity index (χ3n) is 5.48. The quantitative estimate of drug-likeness (QED) is 0.531. The Labute approximate surface area is 179 Å². The van der Waals surface area contributed by atoms with Crippen LogP contribution >= 0.6 is 11.3 Å². The Morgan fingerprint density at radius 1 is 1.07 bits per heavy atom. The molecule has 1 N–H and O–H groups in total. The molecule has 7 heteroatoms. The Bertz CT molecular complexity index is 1210. The molecule has 0 aliphatic carbocycles. The number of nitrogens with zero attached hydrogens (tertiary/aromatic N) is 4. The molecule has 0 amide bonds. The molecule has 0 bridgehead atoms. The van der Waals surface area contributed by atoms with Crippen LogP contribution in [0.4, 0.5) is 5.82 Å². The number of aryl methyl sites for hydroxylation is 2. The second-order valence-electron chi connectivity index (χ2n) is 7.65. The number of rotatable bonds is 4. The first-order chi connectivity index (χ1) is 14.6. The zero-order valence-corrected chi connectivity index (χ0v) is 18.3. The molecule has 6 nitrogen and oxygen atoms in total. The minimum absolute atomic E-state index is 0.445. The highest BCUT2D eigenvalue weighted by Gasteiger charge is 2.22. The maximum absolute atomic E-state index is 5.73. The molecule has 30 heavy (non-hydrogen) atoms. The van der Waals surface area contributed by atoms with Crippen molar-refractivity contribution in [2.75, 3.05) is 37.7 Å². The summed E-state index contributed by atoms with van der Waals surface area (Å²) >= 11 is 1.68. The summed E-state index contributed by atoms with van der Waals surface area (Å²) in [6.45, 7) is 10.5. The summed E-state index contributed by atoms with van der Waals surface area (Å²) in [5, 5.41) is 4.51. The highest BCUT2D eigenvalue weighted by Crippen LogP contribution is 2.40. The van der Waals surface area contributed by atoms with Gasteiger partial charge in [-0.1, -0.05) is 29.8 Å². The van der Waals surface area contributed by atoms with E-state index in [0.29, 0.717) is 12.6 Å². The number of anilines is 1. The van der Waals surface area contributed by atoms with E-state index in [1.165, 1.54) is 11.1 Å². The lowest BCUT2D eigenvalue weighted by Gasteiger charge is -2.28. The van der Waals surface area contributed by atoms with Gasteiger partial charge in [-0.15, -0.1) is 11.3 Å². The number of pyridine rings is 1. The van der Waals surface area contributed by atoms with Crippen LogP contribution in [-0.2, 0) is 0 Å². The Morgan fingerprint density at radius 3 is 2.57 bits per heavy atom. The van der Waals surface area contributed by atoms with Gasteiger partial charge in [0.25, 0.3) is 0 Å². The number of benzene rings is 1. The minimum atomic E-state index is 0.445. The third-order valence-corrected chi connectivity index (χ3v) is 6.55. The molecule has 3 aromatic heterocycles. The van der Waals surface area contributed by atoms with Crippen molar-refractivity contribution in [1.29, 1.82) is 0 Å². The van der Waals surface area contributed by atoms with Gasteiger partial charge in [0.15, 0.2) is 5.82 Å². The molecule has 0 atom stereocenters. The lowest BCUT2D eigenvalue weighted by Crippen LogP contribution is -2.44. The van der Waals surface area contributed by atoms with Crippen LogP contribution in [0.15, 0.2) is 30.3 Å². The van der Waals surface area contributed by atoms with E-state index in [1.54, 1.807) is 11.3 Å². The van der Waals surface area contributed by atoms with Crippen LogP contribution in [0.1, 0.15) is 18.1 Å². The average Bonchev–Trinajstić information content (AvgIpc) is 3.13. The fourth-order valence-corrected chi connectivity index (χ4v) is 5.15. The van der Waals surface area contributed by atoms with Crippen molar-refractivity contribution in [1.82, 2.24) is 20.3 Å². The second-order valence-corrected chi connectivity index (χ2v) is 8.65. The van der Waals surface area contributed by atoms with Crippen LogP contribution < -0.4 is 15.0 Å². The summed E-state index contributed by atoms with van der Waals surface area (Å²) in [4.78, 5) is 17.9. The smallest absolute Gasteiger partial charge is 0.319 e. The Balaban J connectivity index is 1.72. The molecule has 0 unspecified atom stereocenters. The maximum Gasteiger partial charge on any atom is 0.319 e. The lowest BCUT2D eigenvalue weighted by molar-refractivity contribution is 0.314. The van der Waals surface area contributed by atoms with Gasteiger partial charge >= 0.3 is 6.01 Å². The summed E-state index contributed by atoms with van der Waals surface area (Å²) < 4.78 is 6.82. The number of aromatic nitrogens is 3. The average molecular weight is 420 g/mol. The van der Waals surface area contributed by atoms with Crippen molar-refractivity contribution < 1.29 is 4.74 Å². The number of piperazine rings is 1. The number of fused-ring (bicyclic) bond motifs is 3. The van der Waals surface area contributed by atoms with E-state index in [4.69, 9.17) is 19.7 Å². The standard InChI is InChI=1S/C23H25N5OS/c1-4-29-23-26-19-18-15(3)13-17(16-7-5-14(2)6-8-16)25-22(18)30-20(19)21(27-23)28-11-9-24-10-12-28/h5-8,13,24H,4,9-12H2,1-3H3. The highest BCUT2D eigenvalue weighted by molar-refractivity contribution is 7.26. The molecule has 5 rings (SSSR count). The van der Waals surface area contributed by atoms with Crippen molar-refractivity contribution in [3.8, 4) is 17.3 Å². The molecule has 0 spiro atoms. The van der Waals surface area contributed by atoms with Gasteiger partial charge in [-0.25, -0.2) is 4.98 Å². The van der Waals surface area contributed by atoms with Crippen molar-refractivity contribution >= 4 is 37.6 Å². The van der Waals surface area contributed by atoms with Crippen molar-refractivity contribution in [3.05, 3.63) is 41.5 Å². The first-order valence-electron chi connectivity index (χ1n) is 10.4. The van der Waals surface area contributed by atoms with Gasteiger partial charge in [0.05, 0.1) is 17.0 Å². The van der Waals surface area contributed by atoms with E-state index in [-0.39, 0.29) is 0 Å². The van der Waals surface area contributed by atoms with Crippen LogP contribution in [-0.4, -0.2) is 47.7 Å². The van der Waals surface area contributed by atoms with Crippen molar-refractivity contribution in [3.63, 3.8) is 0 Å². The predicted molar refractivity (Wildman–Crippen MR) is 124 cm³/mol. The minimum Gasteiger partial charge on any atom is -0.464 e. The second kappa shape index (κ2) is 7.81. The number of nitrogens with one attached hydrogen (secondary N) is 1. The molecule has 1 aromatic carbocycles. The van der Waals surface area contributed by atoms with Crippen LogP contribution in [0.5, 0.6) is 6.01 Å². The van der Waals surface area contributed by atoms with E-state index in [9.17, 15) is 0 Å². The Kier molecular flexibility index (Phi) is 5.00. The molecule has 4 aromatic rings. The van der Waals surface area contributed by atoms with Crippen molar-refractivity contribution in [2.45, 2.75) is 20.8 Å². The van der Waals surface area contributed by atoms with E-state index >= 15 is 0 Å². The number of ether oxygens (including phenoxy) is 1. The van der Waals surface area contributed by atoms with E-state index in [1.807, 2.05) is 6.92 Å². The van der Waals surface area contributed by atoms with Gasteiger partial charge in [0.1, 0.15) is 10.3 Å². The normalized spacial score (nSPS) is 14.6. The molecule has 1 aliphatic heterocycles. The van der Waals surface area contributed by atoms with Gasteiger partial charge in [-0.05, 0) is 32.4 Å². The fourth-order valence-electron chi connectivity index (χ4n) is 3.94. The molecule has 1 saturated heterocycles. The molecule has 4 heterocycles. The molecular formula is C23H25N5OS. The number of hydrogen-bond donors (Lipinski definition) is 1. The monoisotopic (exact) mass is 419 g/mol. The van der Waals surface area contributed by atoms with Gasteiger partial charge in [-0.3, -0.25) is 0 Å². The van der Waals surface area contributed by atoms with Crippen LogP contribution in [0.3, 0.4) is 0 Å². The zero-order chi connectivity index (χ0) is 20.7. The molecule has 1 fully saturated rings. The fraction of sp³-hybridized carbons (Fsp3) is 0.348. The van der Waals surface area contributed by atoms with Gasteiger partial charge in [-0.2, -0.15) is 9.97 Å². The first-order valence-corrected chi connectivity index (χ1v) is 11.2. The van der Waals surface area contributed by atoms with Crippen LogP contribution in [0.25, 0.3) is 31.7 Å². The lowest BCUT2D eigenvalue weighted by atomic mass is 10.1. The SMILES string of the molecule is CCOc1nc(N2CCNCC2)c2sc3nc(-c4ccc(C)cc4)cc(C)c3c2n1. The summed E-state index contributed by atoms with van der Waals surface area (Å²) in [6, 6.07) is 11.1. The molecule has 154 valence electrons. The molecule has 1 aliphatic rings. The van der Waals surface area contributed by atoms with Crippen LogP contribution in [0.2, 0.25) is 0 Å². The Morgan fingerprint density at radius 2 is 1.83 bits per heavy atom.